The van der Waals surface area contributed by atoms with Crippen LogP contribution in [0.15, 0.2) is 120 Å². The Balaban J connectivity index is 1.67. The number of hydrogen-bond donors (Lipinski definition) is 2. The summed E-state index contributed by atoms with van der Waals surface area (Å²) in [6, 6.07) is 37.8. The number of para-hydroxylation sites is 1. The average molecular weight is 444 g/mol. The van der Waals surface area contributed by atoms with Crippen LogP contribution in [-0.4, -0.2) is 14.7 Å². The van der Waals surface area contributed by atoms with Crippen LogP contribution < -0.4 is 5.32 Å². The number of rotatable bonds is 5. The highest BCUT2D eigenvalue weighted by atomic mass is 16.4. The molecule has 6 aromatic rings. The second-order valence-electron chi connectivity index (χ2n) is 7.99. The molecule has 164 valence electrons. The molecular formula is C29H21N3O2. The van der Waals surface area contributed by atoms with E-state index in [-0.39, 0.29) is 5.75 Å². The third-order valence-corrected chi connectivity index (χ3v) is 5.78. The van der Waals surface area contributed by atoms with Gasteiger partial charge in [-0.25, -0.2) is 0 Å². The summed E-state index contributed by atoms with van der Waals surface area (Å²) in [5, 5.41) is 18.0. The number of phenols is 1. The molecule has 5 nitrogen and oxygen atoms in total. The van der Waals surface area contributed by atoms with Crippen LogP contribution >= 0.6 is 0 Å². The van der Waals surface area contributed by atoms with E-state index in [1.807, 2.05) is 83.4 Å². The molecule has 0 unspecified atom stereocenters. The lowest BCUT2D eigenvalue weighted by atomic mass is 9.94. The maximum atomic E-state index is 9.90. The second-order valence-corrected chi connectivity index (χ2v) is 7.99. The van der Waals surface area contributed by atoms with Gasteiger partial charge in [0, 0.05) is 16.8 Å². The quantitative estimate of drug-likeness (QED) is 0.292. The Labute approximate surface area is 196 Å². The maximum Gasteiger partial charge on any atom is 0.318 e. The van der Waals surface area contributed by atoms with Crippen molar-refractivity contribution in [1.29, 1.82) is 0 Å². The van der Waals surface area contributed by atoms with E-state index in [0.717, 1.165) is 39.2 Å². The first-order chi connectivity index (χ1) is 16.8. The van der Waals surface area contributed by atoms with Crippen molar-refractivity contribution in [3.63, 3.8) is 0 Å². The maximum absolute atomic E-state index is 9.90. The molecule has 6 rings (SSSR count). The van der Waals surface area contributed by atoms with Gasteiger partial charge in [0.25, 0.3) is 0 Å². The predicted octanol–water partition coefficient (Wildman–Crippen LogP) is 7.38. The molecule has 5 heteroatoms. The summed E-state index contributed by atoms with van der Waals surface area (Å²) in [6.45, 7) is 0. The van der Waals surface area contributed by atoms with E-state index in [1.165, 1.54) is 0 Å². The highest BCUT2D eigenvalue weighted by Gasteiger charge is 2.26. The smallest absolute Gasteiger partial charge is 0.318 e. The van der Waals surface area contributed by atoms with Crippen molar-refractivity contribution in [2.45, 2.75) is 0 Å². The van der Waals surface area contributed by atoms with Gasteiger partial charge in [-0.3, -0.25) is 0 Å². The van der Waals surface area contributed by atoms with Crippen LogP contribution in [0.3, 0.4) is 0 Å². The summed E-state index contributed by atoms with van der Waals surface area (Å²) in [4.78, 5) is 0. The summed E-state index contributed by atoms with van der Waals surface area (Å²) in [5.74, 6) is 0.215. The van der Waals surface area contributed by atoms with E-state index in [2.05, 4.69) is 29.6 Å². The summed E-state index contributed by atoms with van der Waals surface area (Å²) in [7, 11) is 0. The number of aromatic hydroxyl groups is 1. The van der Waals surface area contributed by atoms with E-state index in [4.69, 9.17) is 9.52 Å². The fourth-order valence-corrected chi connectivity index (χ4v) is 4.27. The standard InChI is InChI=1S/C29H21N3O2/c33-24-18-16-22(17-19-24)27-25(20-10-4-1-5-11-20)26(21-12-6-2-7-13-21)28-32(27)31-29(34-28)30-23-14-8-3-9-15-23/h1-19,33H,(H,30,31). The summed E-state index contributed by atoms with van der Waals surface area (Å²) < 4.78 is 8.19. The van der Waals surface area contributed by atoms with Crippen molar-refractivity contribution in [2.24, 2.45) is 0 Å². The highest BCUT2D eigenvalue weighted by Crippen LogP contribution is 2.45. The monoisotopic (exact) mass is 443 g/mol. The Kier molecular flexibility index (Phi) is 4.85. The number of benzene rings is 4. The van der Waals surface area contributed by atoms with Crippen molar-refractivity contribution in [1.82, 2.24) is 9.61 Å². The summed E-state index contributed by atoms with van der Waals surface area (Å²) in [5.41, 5.74) is 7.43. The number of aromatic nitrogens is 2. The van der Waals surface area contributed by atoms with E-state index in [0.29, 0.717) is 11.7 Å². The lowest BCUT2D eigenvalue weighted by Crippen LogP contribution is -1.94. The van der Waals surface area contributed by atoms with Gasteiger partial charge in [0.1, 0.15) is 5.75 Å². The van der Waals surface area contributed by atoms with Crippen molar-refractivity contribution in [3.8, 4) is 39.3 Å². The van der Waals surface area contributed by atoms with Crippen molar-refractivity contribution in [3.05, 3.63) is 115 Å². The molecule has 0 aliphatic carbocycles. The van der Waals surface area contributed by atoms with Crippen LogP contribution in [0.2, 0.25) is 0 Å². The fourth-order valence-electron chi connectivity index (χ4n) is 4.27. The van der Waals surface area contributed by atoms with Crippen LogP contribution in [0.25, 0.3) is 39.2 Å². The number of anilines is 2. The van der Waals surface area contributed by atoms with Gasteiger partial charge in [-0.1, -0.05) is 78.9 Å². The van der Waals surface area contributed by atoms with E-state index in [9.17, 15) is 5.11 Å². The molecule has 2 heterocycles. The van der Waals surface area contributed by atoms with Crippen LogP contribution in [0.1, 0.15) is 0 Å². The zero-order valence-corrected chi connectivity index (χ0v) is 18.2. The van der Waals surface area contributed by atoms with Crippen LogP contribution in [0.4, 0.5) is 11.7 Å². The SMILES string of the molecule is Oc1ccc(-c2c(-c3ccccc3)c(-c3ccccc3)c3oc(Nc4ccccc4)nn23)cc1. The first kappa shape index (κ1) is 19.9. The molecule has 34 heavy (non-hydrogen) atoms. The summed E-state index contributed by atoms with van der Waals surface area (Å²) in [6.07, 6.45) is 0. The van der Waals surface area contributed by atoms with Gasteiger partial charge in [-0.2, -0.15) is 4.52 Å². The minimum Gasteiger partial charge on any atom is -0.508 e. The Morgan fingerprint density at radius 3 is 1.79 bits per heavy atom. The molecule has 4 aromatic carbocycles. The number of nitrogens with zero attached hydrogens (tertiary/aromatic N) is 2. The van der Waals surface area contributed by atoms with Gasteiger partial charge in [0.05, 0.1) is 11.3 Å². The first-order valence-corrected chi connectivity index (χ1v) is 11.1. The lowest BCUT2D eigenvalue weighted by Gasteiger charge is -2.09. The van der Waals surface area contributed by atoms with Crippen molar-refractivity contribution in [2.75, 3.05) is 5.32 Å². The van der Waals surface area contributed by atoms with Crippen molar-refractivity contribution >= 4 is 17.4 Å². The molecule has 0 saturated heterocycles. The molecule has 0 fully saturated rings. The Morgan fingerprint density at radius 1 is 0.618 bits per heavy atom. The topological polar surface area (TPSA) is 62.7 Å². The van der Waals surface area contributed by atoms with Crippen LogP contribution in [0.5, 0.6) is 5.75 Å². The Bertz CT molecular complexity index is 1550. The number of nitrogens with one attached hydrogen (secondary N) is 1. The number of fused-ring (bicyclic) bond motifs is 1. The molecular weight excluding hydrogens is 422 g/mol. The van der Waals surface area contributed by atoms with E-state index in [1.54, 1.807) is 12.1 Å². The highest BCUT2D eigenvalue weighted by molar-refractivity contribution is 6.01. The molecule has 0 aliphatic heterocycles. The van der Waals surface area contributed by atoms with Gasteiger partial charge < -0.3 is 14.8 Å². The van der Waals surface area contributed by atoms with Crippen molar-refractivity contribution < 1.29 is 9.52 Å². The normalized spacial score (nSPS) is 11.1. The Hall–Kier alpha value is -4.77. The van der Waals surface area contributed by atoms with Gasteiger partial charge in [0.15, 0.2) is 0 Å². The number of hydrogen-bond acceptors (Lipinski definition) is 4. The zero-order valence-electron chi connectivity index (χ0n) is 18.2. The zero-order chi connectivity index (χ0) is 22.9. The molecule has 0 aliphatic rings. The molecule has 2 aromatic heterocycles. The van der Waals surface area contributed by atoms with E-state index < -0.39 is 0 Å². The average Bonchev–Trinajstić information content (AvgIpc) is 3.42. The molecule has 0 saturated carbocycles. The lowest BCUT2D eigenvalue weighted by molar-refractivity contribution is 0.475. The Morgan fingerprint density at radius 2 is 1.18 bits per heavy atom. The molecule has 2 N–H and O–H groups in total. The molecule has 0 spiro atoms. The van der Waals surface area contributed by atoms with Gasteiger partial charge in [-0.15, -0.1) is 5.10 Å². The minimum absolute atomic E-state index is 0.215. The fraction of sp³-hybridized carbons (Fsp3) is 0. The molecule has 0 radical (unpaired) electrons. The molecule has 0 atom stereocenters. The minimum atomic E-state index is 0.215. The van der Waals surface area contributed by atoms with E-state index >= 15 is 0 Å². The van der Waals surface area contributed by atoms with Gasteiger partial charge in [-0.05, 0) is 47.5 Å². The predicted molar refractivity (Wildman–Crippen MR) is 135 cm³/mol. The van der Waals surface area contributed by atoms with Gasteiger partial charge in [0.2, 0.25) is 5.71 Å². The third kappa shape index (κ3) is 3.49. The second kappa shape index (κ2) is 8.30. The third-order valence-electron chi connectivity index (χ3n) is 5.78. The summed E-state index contributed by atoms with van der Waals surface area (Å²) >= 11 is 0. The largest absolute Gasteiger partial charge is 0.508 e. The van der Waals surface area contributed by atoms with Gasteiger partial charge >= 0.3 is 6.01 Å². The molecule has 0 bridgehead atoms. The van der Waals surface area contributed by atoms with Crippen LogP contribution in [0, 0.1) is 0 Å². The molecule has 0 amide bonds. The first-order valence-electron chi connectivity index (χ1n) is 11.1. The van der Waals surface area contributed by atoms with Crippen LogP contribution in [-0.2, 0) is 0 Å². The number of phenolic OH excluding ortho intramolecular Hbond substituents is 1.